The monoisotopic (exact) mass is 468 g/mol. The summed E-state index contributed by atoms with van der Waals surface area (Å²) >= 11 is 0. The number of carbonyl (C=O) groups is 1. The molecule has 0 N–H and O–H groups in total. The molecule has 1 saturated heterocycles. The van der Waals surface area contributed by atoms with Crippen LogP contribution >= 0.6 is 0 Å². The Kier molecular flexibility index (Phi) is 5.89. The molecule has 1 fully saturated rings. The average molecular weight is 469 g/mol. The normalized spacial score (nSPS) is 16.5. The van der Waals surface area contributed by atoms with Gasteiger partial charge in [-0.2, -0.15) is 9.49 Å². The first-order chi connectivity index (χ1) is 16.4. The maximum absolute atomic E-state index is 14.0. The lowest BCUT2D eigenvalue weighted by Crippen LogP contribution is -2.40. The zero-order chi connectivity index (χ0) is 23.8. The van der Waals surface area contributed by atoms with Crippen molar-refractivity contribution in [2.75, 3.05) is 24.5 Å². The topological polar surface area (TPSA) is 76.4 Å². The molecule has 5 rings (SSSR count). The summed E-state index contributed by atoms with van der Waals surface area (Å²) in [5.41, 5.74) is 3.30. The standard InChI is InChI=1S/C24H26F2N6O2/c1-15(33)32-11-8-19-20(14-32)28-23(16-12-27-30(2)13-16)24(29-19)31-9-6-17(7-10-31)34-21-5-3-4-18(25)22(21)26/h3-5,12-13,17H,6-11,14H2,1-2H3. The highest BCUT2D eigenvalue weighted by Gasteiger charge is 2.29. The van der Waals surface area contributed by atoms with Gasteiger partial charge in [-0.05, 0) is 12.1 Å². The van der Waals surface area contributed by atoms with E-state index in [1.54, 1.807) is 22.7 Å². The number of amides is 1. The molecule has 4 heterocycles. The Morgan fingerprint density at radius 2 is 1.91 bits per heavy atom. The highest BCUT2D eigenvalue weighted by molar-refractivity contribution is 5.74. The number of rotatable bonds is 4. The molecule has 0 saturated carbocycles. The Morgan fingerprint density at radius 3 is 2.62 bits per heavy atom. The van der Waals surface area contributed by atoms with Crippen molar-refractivity contribution in [3.63, 3.8) is 0 Å². The summed E-state index contributed by atoms with van der Waals surface area (Å²) in [4.78, 5) is 25.7. The molecular formula is C24H26F2N6O2. The molecule has 0 aliphatic carbocycles. The molecule has 1 aromatic carbocycles. The molecule has 0 spiro atoms. The number of nitrogens with zero attached hydrogens (tertiary/aromatic N) is 6. The number of aryl methyl sites for hydroxylation is 1. The van der Waals surface area contributed by atoms with Crippen LogP contribution in [0.15, 0.2) is 30.6 Å². The van der Waals surface area contributed by atoms with E-state index in [1.807, 2.05) is 13.2 Å². The Bertz CT molecular complexity index is 1220. The fraction of sp³-hybridized carbons (Fsp3) is 0.417. The number of halogens is 2. The van der Waals surface area contributed by atoms with Crippen LogP contribution in [-0.4, -0.2) is 56.3 Å². The average Bonchev–Trinajstić information content (AvgIpc) is 3.27. The highest BCUT2D eigenvalue weighted by Crippen LogP contribution is 2.33. The van der Waals surface area contributed by atoms with Crippen molar-refractivity contribution in [1.29, 1.82) is 0 Å². The van der Waals surface area contributed by atoms with Crippen LogP contribution in [0.2, 0.25) is 0 Å². The van der Waals surface area contributed by atoms with Gasteiger partial charge in [-0.25, -0.2) is 14.4 Å². The summed E-state index contributed by atoms with van der Waals surface area (Å²) in [7, 11) is 1.85. The van der Waals surface area contributed by atoms with E-state index in [2.05, 4.69) is 10.00 Å². The fourth-order valence-electron chi connectivity index (χ4n) is 4.49. The van der Waals surface area contributed by atoms with E-state index in [0.29, 0.717) is 45.4 Å². The first-order valence-corrected chi connectivity index (χ1v) is 11.4. The van der Waals surface area contributed by atoms with Gasteiger partial charge in [0.2, 0.25) is 11.7 Å². The van der Waals surface area contributed by atoms with Gasteiger partial charge in [0.25, 0.3) is 0 Å². The third kappa shape index (κ3) is 4.32. The summed E-state index contributed by atoms with van der Waals surface area (Å²) in [6, 6.07) is 3.97. The van der Waals surface area contributed by atoms with Crippen LogP contribution in [0, 0.1) is 11.6 Å². The molecular weight excluding hydrogens is 442 g/mol. The van der Waals surface area contributed by atoms with Crippen molar-refractivity contribution in [1.82, 2.24) is 24.6 Å². The van der Waals surface area contributed by atoms with Gasteiger partial charge in [0.1, 0.15) is 11.8 Å². The second-order valence-electron chi connectivity index (χ2n) is 8.74. The van der Waals surface area contributed by atoms with Crippen LogP contribution < -0.4 is 9.64 Å². The first-order valence-electron chi connectivity index (χ1n) is 11.4. The van der Waals surface area contributed by atoms with E-state index >= 15 is 0 Å². The largest absolute Gasteiger partial charge is 0.487 e. The number of hydrogen-bond donors (Lipinski definition) is 0. The van der Waals surface area contributed by atoms with Crippen molar-refractivity contribution in [2.24, 2.45) is 7.05 Å². The number of hydrogen-bond acceptors (Lipinski definition) is 6. The minimum Gasteiger partial charge on any atom is -0.487 e. The van der Waals surface area contributed by atoms with Crippen LogP contribution in [0.3, 0.4) is 0 Å². The van der Waals surface area contributed by atoms with Crippen molar-refractivity contribution in [3.05, 3.63) is 53.6 Å². The lowest BCUT2D eigenvalue weighted by molar-refractivity contribution is -0.129. The quantitative estimate of drug-likeness (QED) is 0.586. The third-order valence-corrected chi connectivity index (χ3v) is 6.37. The van der Waals surface area contributed by atoms with Crippen molar-refractivity contribution >= 4 is 11.7 Å². The maximum atomic E-state index is 14.0. The van der Waals surface area contributed by atoms with E-state index in [1.165, 1.54) is 12.1 Å². The van der Waals surface area contributed by atoms with E-state index in [0.717, 1.165) is 34.5 Å². The summed E-state index contributed by atoms with van der Waals surface area (Å²) in [5, 5.41) is 4.29. The van der Waals surface area contributed by atoms with Crippen LogP contribution in [-0.2, 0) is 24.8 Å². The predicted molar refractivity (Wildman–Crippen MR) is 121 cm³/mol. The van der Waals surface area contributed by atoms with Crippen LogP contribution in [0.25, 0.3) is 11.3 Å². The number of anilines is 1. The van der Waals surface area contributed by atoms with Crippen LogP contribution in [0.1, 0.15) is 31.2 Å². The van der Waals surface area contributed by atoms with E-state index < -0.39 is 11.6 Å². The maximum Gasteiger partial charge on any atom is 0.219 e. The molecule has 10 heteroatoms. The van der Waals surface area contributed by atoms with Gasteiger partial charge in [-0.3, -0.25) is 9.48 Å². The smallest absolute Gasteiger partial charge is 0.219 e. The number of piperidine rings is 1. The zero-order valence-corrected chi connectivity index (χ0v) is 19.2. The number of carbonyl (C=O) groups excluding carboxylic acids is 1. The minimum absolute atomic E-state index is 0.0243. The van der Waals surface area contributed by atoms with Gasteiger partial charge >= 0.3 is 0 Å². The molecule has 34 heavy (non-hydrogen) atoms. The van der Waals surface area contributed by atoms with Crippen molar-refractivity contribution in [2.45, 2.75) is 38.8 Å². The summed E-state index contributed by atoms with van der Waals surface area (Å²) in [6.07, 6.45) is 5.37. The number of aromatic nitrogens is 4. The molecule has 0 radical (unpaired) electrons. The zero-order valence-electron chi connectivity index (χ0n) is 19.2. The summed E-state index contributed by atoms with van der Waals surface area (Å²) in [6.45, 7) is 3.92. The van der Waals surface area contributed by atoms with E-state index in [4.69, 9.17) is 14.7 Å². The molecule has 2 aliphatic rings. The van der Waals surface area contributed by atoms with Gasteiger partial charge in [-0.1, -0.05) is 6.07 Å². The predicted octanol–water partition coefficient (Wildman–Crippen LogP) is 3.11. The van der Waals surface area contributed by atoms with Gasteiger partial charge in [0.15, 0.2) is 17.4 Å². The number of fused-ring (bicyclic) bond motifs is 1. The van der Waals surface area contributed by atoms with E-state index in [9.17, 15) is 13.6 Å². The molecule has 2 aromatic heterocycles. The molecule has 0 unspecified atom stereocenters. The molecule has 3 aromatic rings. The SMILES string of the molecule is CC(=O)N1CCc2nc(N3CCC(Oc4cccc(F)c4F)CC3)c(-c3cnn(C)c3)nc2C1. The fourth-order valence-corrected chi connectivity index (χ4v) is 4.49. The lowest BCUT2D eigenvalue weighted by Gasteiger charge is -2.35. The lowest BCUT2D eigenvalue weighted by atomic mass is 10.1. The van der Waals surface area contributed by atoms with Gasteiger partial charge in [-0.15, -0.1) is 0 Å². The van der Waals surface area contributed by atoms with Gasteiger partial charge in [0.05, 0.1) is 24.1 Å². The number of benzene rings is 1. The van der Waals surface area contributed by atoms with Gasteiger partial charge in [0, 0.05) is 64.6 Å². The van der Waals surface area contributed by atoms with Crippen LogP contribution in [0.4, 0.5) is 14.6 Å². The summed E-state index contributed by atoms with van der Waals surface area (Å²) < 4.78 is 35.0. The number of ether oxygens (including phenoxy) is 1. The Hall–Kier alpha value is -3.56. The molecule has 2 aliphatic heterocycles. The van der Waals surface area contributed by atoms with Crippen LogP contribution in [0.5, 0.6) is 5.75 Å². The Labute approximate surface area is 196 Å². The molecule has 178 valence electrons. The second-order valence-corrected chi connectivity index (χ2v) is 8.74. The van der Waals surface area contributed by atoms with Crippen molar-refractivity contribution < 1.29 is 18.3 Å². The van der Waals surface area contributed by atoms with Crippen molar-refractivity contribution in [3.8, 4) is 17.0 Å². The molecule has 0 atom stereocenters. The Morgan fingerprint density at radius 1 is 1.12 bits per heavy atom. The second kappa shape index (κ2) is 9.00. The Balaban J connectivity index is 1.39. The first kappa shape index (κ1) is 22.2. The third-order valence-electron chi connectivity index (χ3n) is 6.37. The van der Waals surface area contributed by atoms with E-state index in [-0.39, 0.29) is 17.8 Å². The molecule has 8 nitrogen and oxygen atoms in total. The molecule has 0 bridgehead atoms. The highest BCUT2D eigenvalue weighted by atomic mass is 19.2. The molecule has 1 amide bonds. The minimum atomic E-state index is -0.955. The van der Waals surface area contributed by atoms with Gasteiger partial charge < -0.3 is 14.5 Å². The summed E-state index contributed by atoms with van der Waals surface area (Å²) in [5.74, 6) is -1.12.